The molecule has 1 saturated heterocycles. The van der Waals surface area contributed by atoms with Crippen LogP contribution in [0, 0.1) is 0 Å². The lowest BCUT2D eigenvalue weighted by Crippen LogP contribution is -2.26. The van der Waals surface area contributed by atoms with Gasteiger partial charge in [-0.3, -0.25) is 0 Å². The number of methoxy groups -OCH3 is 1. The lowest BCUT2D eigenvalue weighted by atomic mass is 9.98. The SMILES string of the molecule is COc1cc(C(O)C2CCCCO2)ccc1Cl. The Hall–Kier alpha value is -0.770. The second-order valence-corrected chi connectivity index (χ2v) is 4.65. The number of aliphatic hydroxyl groups is 1. The van der Waals surface area contributed by atoms with Gasteiger partial charge in [-0.15, -0.1) is 0 Å². The minimum absolute atomic E-state index is 0.116. The lowest BCUT2D eigenvalue weighted by Gasteiger charge is -2.27. The van der Waals surface area contributed by atoms with E-state index in [0.717, 1.165) is 31.4 Å². The predicted octanol–water partition coefficient (Wildman–Crippen LogP) is 2.95. The number of ether oxygens (including phenoxy) is 2. The molecule has 1 aromatic carbocycles. The second kappa shape index (κ2) is 5.71. The van der Waals surface area contributed by atoms with Gasteiger partial charge in [-0.05, 0) is 37.0 Å². The maximum Gasteiger partial charge on any atom is 0.137 e. The van der Waals surface area contributed by atoms with Crippen molar-refractivity contribution in [2.75, 3.05) is 13.7 Å². The van der Waals surface area contributed by atoms with Crippen molar-refractivity contribution in [3.8, 4) is 5.75 Å². The van der Waals surface area contributed by atoms with Gasteiger partial charge in [-0.1, -0.05) is 17.7 Å². The Morgan fingerprint density at radius 2 is 2.29 bits per heavy atom. The van der Waals surface area contributed by atoms with Crippen LogP contribution in [0.2, 0.25) is 5.02 Å². The monoisotopic (exact) mass is 256 g/mol. The van der Waals surface area contributed by atoms with Crippen LogP contribution in [0.25, 0.3) is 0 Å². The van der Waals surface area contributed by atoms with E-state index in [1.165, 1.54) is 0 Å². The smallest absolute Gasteiger partial charge is 0.137 e. The summed E-state index contributed by atoms with van der Waals surface area (Å²) in [5.41, 5.74) is 0.790. The Balaban J connectivity index is 2.15. The summed E-state index contributed by atoms with van der Waals surface area (Å²) in [6.07, 6.45) is 2.35. The van der Waals surface area contributed by atoms with Crippen LogP contribution in [-0.2, 0) is 4.74 Å². The van der Waals surface area contributed by atoms with Crippen molar-refractivity contribution in [2.45, 2.75) is 31.5 Å². The average Bonchev–Trinajstić information content (AvgIpc) is 2.39. The zero-order valence-corrected chi connectivity index (χ0v) is 10.6. The van der Waals surface area contributed by atoms with E-state index in [2.05, 4.69) is 0 Å². The molecule has 1 aliphatic heterocycles. The largest absolute Gasteiger partial charge is 0.495 e. The Morgan fingerprint density at radius 1 is 1.47 bits per heavy atom. The second-order valence-electron chi connectivity index (χ2n) is 4.24. The van der Waals surface area contributed by atoms with Crippen LogP contribution in [0.1, 0.15) is 30.9 Å². The molecule has 1 fully saturated rings. The molecule has 1 heterocycles. The van der Waals surface area contributed by atoms with Gasteiger partial charge in [0.15, 0.2) is 0 Å². The fourth-order valence-corrected chi connectivity index (χ4v) is 2.28. The maximum atomic E-state index is 10.2. The Labute approximate surface area is 106 Å². The molecule has 2 unspecified atom stereocenters. The van der Waals surface area contributed by atoms with Crippen LogP contribution in [0.5, 0.6) is 5.75 Å². The summed E-state index contributed by atoms with van der Waals surface area (Å²) in [6.45, 7) is 0.729. The van der Waals surface area contributed by atoms with Gasteiger partial charge in [0.25, 0.3) is 0 Å². The summed E-state index contributed by atoms with van der Waals surface area (Å²) in [6, 6.07) is 5.32. The predicted molar refractivity (Wildman–Crippen MR) is 66.6 cm³/mol. The maximum absolute atomic E-state index is 10.2. The topological polar surface area (TPSA) is 38.7 Å². The summed E-state index contributed by atoms with van der Waals surface area (Å²) in [4.78, 5) is 0. The van der Waals surface area contributed by atoms with Gasteiger partial charge in [0, 0.05) is 6.61 Å². The first kappa shape index (κ1) is 12.7. The molecule has 0 bridgehead atoms. The summed E-state index contributed by atoms with van der Waals surface area (Å²) in [5.74, 6) is 0.582. The van der Waals surface area contributed by atoms with Crippen molar-refractivity contribution in [1.82, 2.24) is 0 Å². The minimum Gasteiger partial charge on any atom is -0.495 e. The summed E-state index contributed by atoms with van der Waals surface area (Å²) in [5, 5.41) is 10.8. The summed E-state index contributed by atoms with van der Waals surface area (Å²) >= 11 is 5.95. The number of benzene rings is 1. The van der Waals surface area contributed by atoms with Crippen LogP contribution in [0.15, 0.2) is 18.2 Å². The van der Waals surface area contributed by atoms with Crippen molar-refractivity contribution in [3.63, 3.8) is 0 Å². The zero-order chi connectivity index (χ0) is 12.3. The third-order valence-corrected chi connectivity index (χ3v) is 3.40. The molecule has 0 radical (unpaired) electrons. The number of aliphatic hydroxyl groups excluding tert-OH is 1. The molecule has 2 atom stereocenters. The standard InChI is InChI=1S/C13H17ClO3/c1-16-12-8-9(5-6-10(12)14)13(15)11-4-2-3-7-17-11/h5-6,8,11,13,15H,2-4,7H2,1H3. The Morgan fingerprint density at radius 3 is 2.94 bits per heavy atom. The third-order valence-electron chi connectivity index (χ3n) is 3.08. The quantitative estimate of drug-likeness (QED) is 0.904. The van der Waals surface area contributed by atoms with Gasteiger partial charge < -0.3 is 14.6 Å². The average molecular weight is 257 g/mol. The van der Waals surface area contributed by atoms with E-state index in [1.807, 2.05) is 6.07 Å². The van der Waals surface area contributed by atoms with Crippen molar-refractivity contribution in [1.29, 1.82) is 0 Å². The van der Waals surface area contributed by atoms with Gasteiger partial charge in [0.1, 0.15) is 11.9 Å². The summed E-state index contributed by atoms with van der Waals surface area (Å²) < 4.78 is 10.7. The molecule has 2 rings (SSSR count). The van der Waals surface area contributed by atoms with Gasteiger partial charge in [-0.25, -0.2) is 0 Å². The molecule has 0 aromatic heterocycles. The molecule has 3 nitrogen and oxygen atoms in total. The first-order chi connectivity index (χ1) is 8.22. The molecule has 0 saturated carbocycles. The van der Waals surface area contributed by atoms with Crippen LogP contribution in [-0.4, -0.2) is 24.9 Å². The first-order valence-corrected chi connectivity index (χ1v) is 6.23. The molecule has 17 heavy (non-hydrogen) atoms. The fraction of sp³-hybridized carbons (Fsp3) is 0.538. The van der Waals surface area contributed by atoms with E-state index in [1.54, 1.807) is 19.2 Å². The highest BCUT2D eigenvalue weighted by Gasteiger charge is 2.24. The molecule has 1 aromatic rings. The molecular weight excluding hydrogens is 240 g/mol. The van der Waals surface area contributed by atoms with E-state index >= 15 is 0 Å². The molecule has 94 valence electrons. The van der Waals surface area contributed by atoms with Crippen molar-refractivity contribution in [3.05, 3.63) is 28.8 Å². The van der Waals surface area contributed by atoms with E-state index in [0.29, 0.717) is 10.8 Å². The molecular formula is C13H17ClO3. The number of rotatable bonds is 3. The van der Waals surface area contributed by atoms with Crippen LogP contribution >= 0.6 is 11.6 Å². The Kier molecular flexibility index (Phi) is 4.26. The van der Waals surface area contributed by atoms with Gasteiger partial charge in [0.2, 0.25) is 0 Å². The van der Waals surface area contributed by atoms with E-state index < -0.39 is 6.10 Å². The molecule has 1 aliphatic rings. The number of hydrogen-bond acceptors (Lipinski definition) is 3. The van der Waals surface area contributed by atoms with Crippen LogP contribution in [0.4, 0.5) is 0 Å². The van der Waals surface area contributed by atoms with E-state index in [9.17, 15) is 5.11 Å². The Bertz CT molecular complexity index is 375. The van der Waals surface area contributed by atoms with Crippen molar-refractivity contribution < 1.29 is 14.6 Å². The highest BCUT2D eigenvalue weighted by atomic mass is 35.5. The van der Waals surface area contributed by atoms with Gasteiger partial charge >= 0.3 is 0 Å². The van der Waals surface area contributed by atoms with Crippen LogP contribution < -0.4 is 4.74 Å². The molecule has 1 N–H and O–H groups in total. The third kappa shape index (κ3) is 2.92. The van der Waals surface area contributed by atoms with Crippen LogP contribution in [0.3, 0.4) is 0 Å². The first-order valence-electron chi connectivity index (χ1n) is 5.85. The molecule has 0 amide bonds. The normalized spacial score (nSPS) is 22.2. The molecule has 4 heteroatoms. The molecule has 0 aliphatic carbocycles. The van der Waals surface area contributed by atoms with Crippen molar-refractivity contribution >= 4 is 11.6 Å². The minimum atomic E-state index is -0.610. The van der Waals surface area contributed by atoms with E-state index in [4.69, 9.17) is 21.1 Å². The fourth-order valence-electron chi connectivity index (χ4n) is 2.09. The molecule has 0 spiro atoms. The highest BCUT2D eigenvalue weighted by Crippen LogP contribution is 2.31. The lowest BCUT2D eigenvalue weighted by molar-refractivity contribution is -0.0633. The highest BCUT2D eigenvalue weighted by molar-refractivity contribution is 6.32. The van der Waals surface area contributed by atoms with E-state index in [-0.39, 0.29) is 6.10 Å². The van der Waals surface area contributed by atoms with Crippen molar-refractivity contribution in [2.24, 2.45) is 0 Å². The number of hydrogen-bond donors (Lipinski definition) is 1. The summed E-state index contributed by atoms with van der Waals surface area (Å²) in [7, 11) is 1.56. The number of halogens is 1. The van der Waals surface area contributed by atoms with Gasteiger partial charge in [0.05, 0.1) is 18.2 Å². The zero-order valence-electron chi connectivity index (χ0n) is 9.86. The van der Waals surface area contributed by atoms with Gasteiger partial charge in [-0.2, -0.15) is 0 Å².